The zero-order chi connectivity index (χ0) is 0. The van der Waals surface area contributed by atoms with E-state index in [2.05, 4.69) is 0 Å². The van der Waals surface area contributed by atoms with Crippen LogP contribution < -0.4 is 0 Å². The van der Waals surface area contributed by atoms with Crippen LogP contribution in [-0.4, -0.2) is 94.4 Å². The van der Waals surface area contributed by atoms with Gasteiger partial charge in [-0.1, -0.05) is 0 Å². The third-order valence-corrected chi connectivity index (χ3v) is 0. The van der Waals surface area contributed by atoms with Gasteiger partial charge in [0.25, 0.3) is 0 Å². The molecule has 0 amide bonds. The molecule has 0 atom stereocenters. The average molecular weight is 292 g/mol. The second kappa shape index (κ2) is 16.0. The van der Waals surface area contributed by atoms with Crippen molar-refractivity contribution < 1.29 is 24.0 Å². The van der Waals surface area contributed by atoms with E-state index in [9.17, 15) is 0 Å². The van der Waals surface area contributed by atoms with Gasteiger partial charge in [-0.3, -0.25) is 0 Å². The smallest absolute Gasteiger partial charge is 2.00 e. The summed E-state index contributed by atoms with van der Waals surface area (Å²) in [6.07, 6.45) is 0. The molecular formula is BaOSrV+2. The predicted molar refractivity (Wildman–Crippen MR) is 12.2 cm³/mol. The van der Waals surface area contributed by atoms with Gasteiger partial charge in [0.15, 0.2) is 0 Å². The van der Waals surface area contributed by atoms with Crippen LogP contribution in [0.1, 0.15) is 0 Å². The molecule has 0 heterocycles. The Morgan fingerprint density at radius 2 is 1.00 bits per heavy atom. The molecule has 1 nitrogen and oxygen atoms in total. The van der Waals surface area contributed by atoms with Crippen molar-refractivity contribution in [2.75, 3.05) is 0 Å². The van der Waals surface area contributed by atoms with Crippen molar-refractivity contribution in [1.82, 2.24) is 0 Å². The maximum Gasteiger partial charge on any atom is 2.00 e. The van der Waals surface area contributed by atoms with E-state index in [1.807, 2.05) is 0 Å². The fourth-order valence-corrected chi connectivity index (χ4v) is 0. The van der Waals surface area contributed by atoms with Crippen LogP contribution in [0.15, 0.2) is 0 Å². The Balaban J connectivity index is 0. The first-order chi connectivity index (χ1) is 0. The van der Waals surface area contributed by atoms with Gasteiger partial charge in [0.05, 0.1) is 0 Å². The summed E-state index contributed by atoms with van der Waals surface area (Å²) in [5, 5.41) is 0. The summed E-state index contributed by atoms with van der Waals surface area (Å²) in [6.45, 7) is 0. The summed E-state index contributed by atoms with van der Waals surface area (Å²) in [7, 11) is 0. The summed E-state index contributed by atoms with van der Waals surface area (Å²) >= 11 is 0. The van der Waals surface area contributed by atoms with Crippen LogP contribution in [0.5, 0.6) is 0 Å². The molecule has 13 valence electrons. The first-order valence-corrected chi connectivity index (χ1v) is 0. The summed E-state index contributed by atoms with van der Waals surface area (Å²) < 4.78 is 0. The number of hydrogen-bond donors (Lipinski definition) is 0. The SMILES string of the molecule is [Ba+2].[O-2].[Sr+2].[V]. The third-order valence-electron chi connectivity index (χ3n) is 0. The summed E-state index contributed by atoms with van der Waals surface area (Å²) in [5.41, 5.74) is 0. The number of hydrogen-bond acceptors (Lipinski definition) is 0. The fourth-order valence-electron chi connectivity index (χ4n) is 0. The van der Waals surface area contributed by atoms with Crippen molar-refractivity contribution in [3.05, 3.63) is 0 Å². The Morgan fingerprint density at radius 3 is 1.00 bits per heavy atom. The van der Waals surface area contributed by atoms with Crippen LogP contribution in [0, 0.1) is 0 Å². The second-order valence-electron chi connectivity index (χ2n) is 0. The molecule has 1 radical (unpaired) electrons. The molecular weight excluding hydrogens is 292 g/mol. The first kappa shape index (κ1) is 25.6. The first-order valence-electron chi connectivity index (χ1n) is 0. The van der Waals surface area contributed by atoms with Gasteiger partial charge >= 0.3 is 94.4 Å². The number of rotatable bonds is 0. The van der Waals surface area contributed by atoms with E-state index in [0.717, 1.165) is 0 Å². The van der Waals surface area contributed by atoms with Gasteiger partial charge in [-0.05, 0) is 0 Å². The summed E-state index contributed by atoms with van der Waals surface area (Å²) in [4.78, 5) is 0. The quantitative estimate of drug-likeness (QED) is 0.519. The van der Waals surface area contributed by atoms with Crippen LogP contribution in [-0.2, 0) is 24.0 Å². The van der Waals surface area contributed by atoms with Crippen LogP contribution in [0.4, 0.5) is 0 Å². The van der Waals surface area contributed by atoms with Crippen LogP contribution in [0.25, 0.3) is 0 Å². The van der Waals surface area contributed by atoms with Crippen molar-refractivity contribution in [3.63, 3.8) is 0 Å². The Hall–Kier alpha value is 3.60. The van der Waals surface area contributed by atoms with Gasteiger partial charge in [-0.25, -0.2) is 0 Å². The van der Waals surface area contributed by atoms with Gasteiger partial charge < -0.3 is 5.48 Å². The topological polar surface area (TPSA) is 28.5 Å². The summed E-state index contributed by atoms with van der Waals surface area (Å²) in [6, 6.07) is 0. The summed E-state index contributed by atoms with van der Waals surface area (Å²) in [5.74, 6) is 0. The normalized spacial score (nSPS) is 0. The van der Waals surface area contributed by atoms with Crippen LogP contribution in [0.2, 0.25) is 0 Å². The zero-order valence-corrected chi connectivity index (χ0v) is 11.6. The van der Waals surface area contributed by atoms with E-state index < -0.39 is 0 Å². The third kappa shape index (κ3) is 9.14. The van der Waals surface area contributed by atoms with Crippen LogP contribution >= 0.6 is 0 Å². The monoisotopic (exact) mass is 293 g/mol. The van der Waals surface area contributed by atoms with Crippen molar-refractivity contribution in [2.45, 2.75) is 0 Å². The van der Waals surface area contributed by atoms with Gasteiger partial charge in [0.1, 0.15) is 0 Å². The Morgan fingerprint density at radius 1 is 1.00 bits per heavy atom. The molecule has 0 spiro atoms. The Bertz CT molecular complexity index is 8.00. The Kier molecular flexibility index (Phi) is 102. The molecule has 0 aliphatic carbocycles. The fraction of sp³-hybridized carbons (Fsp3) is 0. The molecule has 0 aromatic rings. The van der Waals surface area contributed by atoms with Gasteiger partial charge in [0, 0.05) is 18.6 Å². The van der Waals surface area contributed by atoms with E-state index in [1.165, 1.54) is 0 Å². The molecule has 4 heavy (non-hydrogen) atoms. The molecule has 0 bridgehead atoms. The molecule has 0 aliphatic heterocycles. The average Bonchev–Trinajstić information content (AvgIpc) is 0. The van der Waals surface area contributed by atoms with E-state index in [4.69, 9.17) is 0 Å². The molecule has 0 aromatic carbocycles. The minimum Gasteiger partial charge on any atom is -2.00 e. The van der Waals surface area contributed by atoms with E-state index >= 15 is 0 Å². The standard InChI is InChI=1S/Ba.O.Sr.V/q+2;-2;+2;. The van der Waals surface area contributed by atoms with Crippen LogP contribution in [0.3, 0.4) is 0 Å². The van der Waals surface area contributed by atoms with E-state index in [0.29, 0.717) is 0 Å². The molecule has 0 N–H and O–H groups in total. The van der Waals surface area contributed by atoms with Crippen molar-refractivity contribution >= 4 is 94.4 Å². The van der Waals surface area contributed by atoms with Crippen molar-refractivity contribution in [2.24, 2.45) is 0 Å². The minimum absolute atomic E-state index is 0. The van der Waals surface area contributed by atoms with Gasteiger partial charge in [0.2, 0.25) is 0 Å². The molecule has 0 rings (SSSR count). The minimum atomic E-state index is 0. The van der Waals surface area contributed by atoms with Crippen molar-refractivity contribution in [1.29, 1.82) is 0 Å². The largest absolute Gasteiger partial charge is 2.00 e. The van der Waals surface area contributed by atoms with Gasteiger partial charge in [-0.2, -0.15) is 0 Å². The molecule has 0 saturated heterocycles. The van der Waals surface area contributed by atoms with Gasteiger partial charge in [-0.15, -0.1) is 0 Å². The molecule has 0 aromatic heterocycles. The molecule has 0 unspecified atom stereocenters. The maximum absolute atomic E-state index is 0. The Labute approximate surface area is 115 Å². The second-order valence-corrected chi connectivity index (χ2v) is 0. The molecule has 0 aliphatic rings. The maximum atomic E-state index is 0. The molecule has 0 fully saturated rings. The zero-order valence-electron chi connectivity index (χ0n) is 2.27. The predicted octanol–water partition coefficient (Wildman–Crippen LogP) is -0.883. The van der Waals surface area contributed by atoms with Crippen molar-refractivity contribution in [3.8, 4) is 0 Å². The molecule has 4 heteroatoms. The van der Waals surface area contributed by atoms with E-state index in [1.54, 1.807) is 0 Å². The molecule has 0 saturated carbocycles. The van der Waals surface area contributed by atoms with E-state index in [-0.39, 0.29) is 118 Å².